The fourth-order valence-electron chi connectivity index (χ4n) is 2.57. The molecule has 0 aromatic rings. The fraction of sp³-hybridized carbons (Fsp3) is 0.867. The van der Waals surface area contributed by atoms with E-state index in [1.165, 1.54) is 12.8 Å². The second-order valence-corrected chi connectivity index (χ2v) is 5.76. The Morgan fingerprint density at radius 1 is 1.12 bits per heavy atom. The minimum atomic E-state index is -4.20. The van der Waals surface area contributed by atoms with E-state index in [0.717, 1.165) is 12.8 Å². The molecule has 5 nitrogen and oxygen atoms in total. The van der Waals surface area contributed by atoms with E-state index in [0.29, 0.717) is 37.9 Å². The molecule has 0 saturated heterocycles. The summed E-state index contributed by atoms with van der Waals surface area (Å²) < 4.78 is 36.3. The van der Waals surface area contributed by atoms with Crippen molar-refractivity contribution in [3.63, 3.8) is 0 Å². The maximum absolute atomic E-state index is 12.1. The number of aliphatic imine (C=N–C) groups is 1. The molecule has 142 valence electrons. The van der Waals surface area contributed by atoms with E-state index in [-0.39, 0.29) is 36.4 Å². The number of halogens is 4. The lowest BCUT2D eigenvalue weighted by Crippen LogP contribution is -2.41. The molecule has 9 heteroatoms. The van der Waals surface area contributed by atoms with Crippen LogP contribution in [0.15, 0.2) is 4.99 Å². The first kappa shape index (κ1) is 23.3. The van der Waals surface area contributed by atoms with Crippen molar-refractivity contribution in [1.29, 1.82) is 0 Å². The number of hydrogen-bond acceptors (Lipinski definition) is 2. The van der Waals surface area contributed by atoms with Crippen LogP contribution in [0.3, 0.4) is 0 Å². The summed E-state index contributed by atoms with van der Waals surface area (Å²) in [5.41, 5.74) is 0. The Morgan fingerprint density at radius 3 is 2.33 bits per heavy atom. The standard InChI is InChI=1S/C15H27F3N4O.HI/c1-2-19-14(21-8-7-15(16,17)18)22-10-9-20-13(23)11-12-5-3-4-6-12;/h12H,2-11H2,1H3,(H,20,23)(H2,19,21,22);1H. The predicted molar refractivity (Wildman–Crippen MR) is 99.7 cm³/mol. The quantitative estimate of drug-likeness (QED) is 0.224. The largest absolute Gasteiger partial charge is 0.390 e. The number of rotatable bonds is 8. The Balaban J connectivity index is 0.00000529. The molecule has 1 saturated carbocycles. The minimum Gasteiger partial charge on any atom is -0.357 e. The van der Waals surface area contributed by atoms with Gasteiger partial charge < -0.3 is 16.0 Å². The van der Waals surface area contributed by atoms with Gasteiger partial charge in [-0.05, 0) is 25.7 Å². The Labute approximate surface area is 158 Å². The molecule has 0 bridgehead atoms. The van der Waals surface area contributed by atoms with E-state index in [1.807, 2.05) is 6.92 Å². The van der Waals surface area contributed by atoms with Gasteiger partial charge in [0, 0.05) is 26.1 Å². The molecule has 0 aliphatic heterocycles. The lowest BCUT2D eigenvalue weighted by atomic mass is 10.0. The van der Waals surface area contributed by atoms with Crippen molar-refractivity contribution in [3.05, 3.63) is 0 Å². The minimum absolute atomic E-state index is 0. The summed E-state index contributed by atoms with van der Waals surface area (Å²) in [5, 5.41) is 8.61. The number of nitrogens with one attached hydrogen (secondary N) is 3. The normalized spacial score (nSPS) is 15.8. The first-order valence-corrected chi connectivity index (χ1v) is 8.26. The van der Waals surface area contributed by atoms with Gasteiger partial charge in [-0.3, -0.25) is 9.79 Å². The zero-order chi connectivity index (χ0) is 17.1. The molecule has 1 fully saturated rings. The van der Waals surface area contributed by atoms with Gasteiger partial charge in [-0.15, -0.1) is 24.0 Å². The van der Waals surface area contributed by atoms with Crippen LogP contribution in [0.2, 0.25) is 0 Å². The SMILES string of the molecule is CCNC(=NCCC(F)(F)F)NCCNC(=O)CC1CCCC1.I. The van der Waals surface area contributed by atoms with Gasteiger partial charge in [-0.25, -0.2) is 0 Å². The van der Waals surface area contributed by atoms with Crippen molar-refractivity contribution >= 4 is 35.8 Å². The van der Waals surface area contributed by atoms with Crippen LogP contribution in [0.1, 0.15) is 45.4 Å². The zero-order valence-electron chi connectivity index (χ0n) is 14.0. The maximum atomic E-state index is 12.1. The number of hydrogen-bond donors (Lipinski definition) is 3. The van der Waals surface area contributed by atoms with Gasteiger partial charge in [-0.1, -0.05) is 12.8 Å². The second-order valence-electron chi connectivity index (χ2n) is 5.76. The first-order chi connectivity index (χ1) is 10.9. The number of alkyl halides is 3. The van der Waals surface area contributed by atoms with Gasteiger partial charge in [0.2, 0.25) is 5.91 Å². The van der Waals surface area contributed by atoms with Crippen molar-refractivity contribution in [2.45, 2.75) is 51.6 Å². The first-order valence-electron chi connectivity index (χ1n) is 8.26. The molecule has 1 aliphatic carbocycles. The van der Waals surface area contributed by atoms with E-state index < -0.39 is 12.6 Å². The molecule has 24 heavy (non-hydrogen) atoms. The van der Waals surface area contributed by atoms with E-state index in [4.69, 9.17) is 0 Å². The molecular formula is C15H28F3IN4O. The molecule has 1 rings (SSSR count). The number of amides is 1. The van der Waals surface area contributed by atoms with Gasteiger partial charge in [0.05, 0.1) is 13.0 Å². The van der Waals surface area contributed by atoms with Gasteiger partial charge in [0.15, 0.2) is 5.96 Å². The van der Waals surface area contributed by atoms with E-state index in [9.17, 15) is 18.0 Å². The third-order valence-corrected chi connectivity index (χ3v) is 3.70. The summed E-state index contributed by atoms with van der Waals surface area (Å²) in [6.45, 7) is 2.94. The highest BCUT2D eigenvalue weighted by molar-refractivity contribution is 14.0. The van der Waals surface area contributed by atoms with Crippen LogP contribution in [-0.2, 0) is 4.79 Å². The summed E-state index contributed by atoms with van der Waals surface area (Å²) in [6.07, 6.45) is 0.0978. The topological polar surface area (TPSA) is 65.5 Å². The van der Waals surface area contributed by atoms with Gasteiger partial charge >= 0.3 is 6.18 Å². The number of nitrogens with zero attached hydrogens (tertiary/aromatic N) is 1. The van der Waals surface area contributed by atoms with Crippen molar-refractivity contribution in [3.8, 4) is 0 Å². The van der Waals surface area contributed by atoms with E-state index in [2.05, 4.69) is 20.9 Å². The summed E-state index contributed by atoms with van der Waals surface area (Å²) in [7, 11) is 0. The molecule has 0 atom stereocenters. The lowest BCUT2D eigenvalue weighted by Gasteiger charge is -2.13. The molecule has 0 heterocycles. The summed E-state index contributed by atoms with van der Waals surface area (Å²) in [4.78, 5) is 15.6. The van der Waals surface area contributed by atoms with Crippen molar-refractivity contribution < 1.29 is 18.0 Å². The van der Waals surface area contributed by atoms with Gasteiger partial charge in [0.1, 0.15) is 0 Å². The van der Waals surface area contributed by atoms with E-state index >= 15 is 0 Å². The third-order valence-electron chi connectivity index (χ3n) is 3.70. The molecule has 1 amide bonds. The van der Waals surface area contributed by atoms with Crippen LogP contribution in [0, 0.1) is 5.92 Å². The average molecular weight is 464 g/mol. The number of carbonyl (C=O) groups is 1. The highest BCUT2D eigenvalue weighted by Gasteiger charge is 2.26. The number of carbonyl (C=O) groups excluding carboxylic acids is 1. The molecule has 0 spiro atoms. The van der Waals surface area contributed by atoms with Crippen LogP contribution < -0.4 is 16.0 Å². The maximum Gasteiger partial charge on any atom is 0.390 e. The Bertz CT molecular complexity index is 385. The van der Waals surface area contributed by atoms with Crippen LogP contribution in [-0.4, -0.2) is 44.2 Å². The number of guanidine groups is 1. The van der Waals surface area contributed by atoms with Gasteiger partial charge in [-0.2, -0.15) is 13.2 Å². The molecule has 0 radical (unpaired) electrons. The summed E-state index contributed by atoms with van der Waals surface area (Å²) in [5.74, 6) is 0.878. The Hall–Kier alpha value is -0.740. The Morgan fingerprint density at radius 2 is 1.75 bits per heavy atom. The fourth-order valence-corrected chi connectivity index (χ4v) is 2.57. The molecule has 0 aromatic heterocycles. The molecule has 1 aliphatic rings. The lowest BCUT2D eigenvalue weighted by molar-refractivity contribution is -0.132. The van der Waals surface area contributed by atoms with Crippen LogP contribution in [0.25, 0.3) is 0 Å². The zero-order valence-corrected chi connectivity index (χ0v) is 16.4. The predicted octanol–water partition coefficient (Wildman–Crippen LogP) is 2.81. The van der Waals surface area contributed by atoms with Crippen LogP contribution >= 0.6 is 24.0 Å². The van der Waals surface area contributed by atoms with Crippen LogP contribution in [0.5, 0.6) is 0 Å². The Kier molecular flexibility index (Phi) is 12.2. The monoisotopic (exact) mass is 464 g/mol. The highest BCUT2D eigenvalue weighted by atomic mass is 127. The molecule has 3 N–H and O–H groups in total. The smallest absolute Gasteiger partial charge is 0.357 e. The molecule has 0 aromatic carbocycles. The van der Waals surface area contributed by atoms with E-state index in [1.54, 1.807) is 0 Å². The summed E-state index contributed by atoms with van der Waals surface area (Å²) >= 11 is 0. The summed E-state index contributed by atoms with van der Waals surface area (Å²) in [6, 6.07) is 0. The van der Waals surface area contributed by atoms with Crippen molar-refractivity contribution in [2.24, 2.45) is 10.9 Å². The third kappa shape index (κ3) is 11.7. The van der Waals surface area contributed by atoms with Crippen LogP contribution in [0.4, 0.5) is 13.2 Å². The molecule has 0 unspecified atom stereocenters. The average Bonchev–Trinajstić information content (AvgIpc) is 2.95. The van der Waals surface area contributed by atoms with Crippen molar-refractivity contribution in [2.75, 3.05) is 26.2 Å². The second kappa shape index (κ2) is 12.6. The van der Waals surface area contributed by atoms with Gasteiger partial charge in [0.25, 0.3) is 0 Å². The molecular weight excluding hydrogens is 436 g/mol. The van der Waals surface area contributed by atoms with Crippen molar-refractivity contribution in [1.82, 2.24) is 16.0 Å². The highest BCUT2D eigenvalue weighted by Crippen LogP contribution is 2.27.